The third-order valence-electron chi connectivity index (χ3n) is 5.01. The van der Waals surface area contributed by atoms with Gasteiger partial charge in [-0.05, 0) is 13.0 Å². The van der Waals surface area contributed by atoms with Crippen LogP contribution in [0, 0.1) is 12.3 Å². The van der Waals surface area contributed by atoms with Crippen molar-refractivity contribution in [1.29, 1.82) is 0 Å². The monoisotopic (exact) mass is 406 g/mol. The minimum atomic E-state index is -2.85. The van der Waals surface area contributed by atoms with E-state index in [0.717, 1.165) is 0 Å². The Balaban J connectivity index is 0.00000117. The summed E-state index contributed by atoms with van der Waals surface area (Å²) in [6, 6.07) is 1.61. The second-order valence-electron chi connectivity index (χ2n) is 7.48. The van der Waals surface area contributed by atoms with Crippen molar-refractivity contribution in [2.45, 2.75) is 40.5 Å². The molecule has 0 aromatic carbocycles. The van der Waals surface area contributed by atoms with Crippen molar-refractivity contribution < 1.29 is 8.78 Å². The van der Waals surface area contributed by atoms with Crippen LogP contribution in [-0.4, -0.2) is 43.6 Å². The highest BCUT2D eigenvalue weighted by atomic mass is 19.3. The van der Waals surface area contributed by atoms with E-state index < -0.39 is 29.1 Å². The Kier molecular flexibility index (Phi) is 5.06. The number of alkyl halides is 2. The molecule has 1 aliphatic rings. The summed E-state index contributed by atoms with van der Waals surface area (Å²) in [5.41, 5.74) is -0.688. The van der Waals surface area contributed by atoms with Crippen LogP contribution < -0.4 is 16.1 Å². The Morgan fingerprint density at radius 2 is 1.86 bits per heavy atom. The van der Waals surface area contributed by atoms with Crippen molar-refractivity contribution in [2.75, 3.05) is 18.0 Å². The highest BCUT2D eigenvalue weighted by Crippen LogP contribution is 2.44. The molecule has 29 heavy (non-hydrogen) atoms. The number of hydrogen-bond donors (Lipinski definition) is 2. The molecule has 3 aromatic rings. The molecule has 2 N–H and O–H groups in total. The lowest BCUT2D eigenvalue weighted by atomic mass is 9.89. The zero-order valence-electron chi connectivity index (χ0n) is 17.0. The van der Waals surface area contributed by atoms with E-state index in [-0.39, 0.29) is 12.1 Å². The maximum atomic E-state index is 14.3. The van der Waals surface area contributed by atoms with Crippen molar-refractivity contribution in [1.82, 2.24) is 24.6 Å². The molecule has 0 amide bonds. The minimum absolute atomic E-state index is 0.144. The van der Waals surface area contributed by atoms with E-state index in [1.807, 2.05) is 13.8 Å². The van der Waals surface area contributed by atoms with E-state index in [2.05, 4.69) is 20.1 Å². The molecule has 0 atom stereocenters. The lowest BCUT2D eigenvalue weighted by molar-refractivity contribution is -0.0642. The third-order valence-corrected chi connectivity index (χ3v) is 5.01. The maximum Gasteiger partial charge on any atom is 0.325 e. The Morgan fingerprint density at radius 3 is 2.45 bits per heavy atom. The van der Waals surface area contributed by atoms with Crippen LogP contribution in [0.4, 0.5) is 14.6 Å². The summed E-state index contributed by atoms with van der Waals surface area (Å²) in [4.78, 5) is 33.7. The smallest absolute Gasteiger partial charge is 0.325 e. The van der Waals surface area contributed by atoms with E-state index in [1.165, 1.54) is 24.9 Å². The summed E-state index contributed by atoms with van der Waals surface area (Å²) >= 11 is 0. The van der Waals surface area contributed by atoms with Gasteiger partial charge in [-0.2, -0.15) is 5.10 Å². The molecule has 0 radical (unpaired) electrons. The number of nitrogens with zero attached hydrogens (tertiary/aromatic N) is 4. The number of rotatable bonds is 2. The van der Waals surface area contributed by atoms with Crippen molar-refractivity contribution >= 4 is 11.3 Å². The van der Waals surface area contributed by atoms with Gasteiger partial charge in [0.1, 0.15) is 11.2 Å². The summed E-state index contributed by atoms with van der Waals surface area (Å²) in [7, 11) is 0. The Hall–Kier alpha value is -3.04. The van der Waals surface area contributed by atoms with Gasteiger partial charge in [0, 0.05) is 18.2 Å². The van der Waals surface area contributed by atoms with Crippen LogP contribution in [0.3, 0.4) is 0 Å². The lowest BCUT2D eigenvalue weighted by Crippen LogP contribution is -2.34. The quantitative estimate of drug-likeness (QED) is 0.682. The van der Waals surface area contributed by atoms with Gasteiger partial charge in [-0.25, -0.2) is 23.1 Å². The number of fused-ring (bicyclic) bond motifs is 1. The number of anilines is 1. The van der Waals surface area contributed by atoms with Crippen molar-refractivity contribution in [3.63, 3.8) is 0 Å². The van der Waals surface area contributed by atoms with Crippen molar-refractivity contribution in [3.8, 4) is 11.3 Å². The first-order valence-corrected chi connectivity index (χ1v) is 9.40. The van der Waals surface area contributed by atoms with Gasteiger partial charge in [-0.15, -0.1) is 0 Å². The van der Waals surface area contributed by atoms with E-state index in [9.17, 15) is 18.4 Å². The second-order valence-corrected chi connectivity index (χ2v) is 7.48. The molecule has 4 heterocycles. The van der Waals surface area contributed by atoms with Gasteiger partial charge >= 0.3 is 5.69 Å². The number of aromatic nitrogens is 5. The SMILES string of the molecule is CC.Cc1cnc(N2CC(C)(C)C(F)(F)C2)c2cc(-c3c[nH]c(=O)[nH]c3=O)nn12. The predicted octanol–water partition coefficient (Wildman–Crippen LogP) is 2.59. The summed E-state index contributed by atoms with van der Waals surface area (Å²) in [5, 5.41) is 4.40. The van der Waals surface area contributed by atoms with E-state index in [0.29, 0.717) is 22.7 Å². The zero-order chi connectivity index (χ0) is 21.6. The summed E-state index contributed by atoms with van der Waals surface area (Å²) < 4.78 is 30.2. The molecule has 10 heteroatoms. The molecule has 8 nitrogen and oxygen atoms in total. The van der Waals surface area contributed by atoms with Gasteiger partial charge in [0.15, 0.2) is 5.82 Å². The highest BCUT2D eigenvalue weighted by molar-refractivity contribution is 5.75. The van der Waals surface area contributed by atoms with Crippen molar-refractivity contribution in [2.24, 2.45) is 5.41 Å². The first kappa shape index (κ1) is 20.7. The van der Waals surface area contributed by atoms with Crippen LogP contribution in [0.2, 0.25) is 0 Å². The van der Waals surface area contributed by atoms with E-state index >= 15 is 0 Å². The first-order chi connectivity index (χ1) is 13.6. The number of nitrogens with one attached hydrogen (secondary N) is 2. The van der Waals surface area contributed by atoms with E-state index in [1.54, 1.807) is 23.7 Å². The zero-order valence-corrected chi connectivity index (χ0v) is 17.0. The largest absolute Gasteiger partial charge is 0.348 e. The Morgan fingerprint density at radius 1 is 1.17 bits per heavy atom. The van der Waals surface area contributed by atoms with Gasteiger partial charge in [0.05, 0.1) is 24.0 Å². The summed E-state index contributed by atoms with van der Waals surface area (Å²) in [6.07, 6.45) is 2.83. The summed E-state index contributed by atoms with van der Waals surface area (Å²) in [5.74, 6) is -2.47. The molecule has 1 saturated heterocycles. The molecule has 0 saturated carbocycles. The molecule has 1 aliphatic heterocycles. The number of H-pyrrole nitrogens is 2. The van der Waals surface area contributed by atoms with Crippen LogP contribution in [0.5, 0.6) is 0 Å². The Labute approximate surface area is 165 Å². The molecule has 0 aliphatic carbocycles. The molecule has 0 unspecified atom stereocenters. The van der Waals surface area contributed by atoms with Crippen LogP contribution in [0.25, 0.3) is 16.8 Å². The predicted molar refractivity (Wildman–Crippen MR) is 107 cm³/mol. The standard InChI is InChI=1S/C17H18F2N6O2.C2H6/c1-9-5-20-13(24-7-16(2,3)17(18,19)8-24)12-4-11(23-25(9)12)10-6-21-15(27)22-14(10)26;1-2/h4-6H,7-8H2,1-3H3,(H2,21,22,26,27);1-2H3. The van der Waals surface area contributed by atoms with Gasteiger partial charge in [-0.3, -0.25) is 9.78 Å². The van der Waals surface area contributed by atoms with Crippen LogP contribution in [-0.2, 0) is 0 Å². The topological polar surface area (TPSA) is 99.1 Å². The van der Waals surface area contributed by atoms with Crippen LogP contribution >= 0.6 is 0 Å². The fourth-order valence-electron chi connectivity index (χ4n) is 3.31. The van der Waals surface area contributed by atoms with Gasteiger partial charge < -0.3 is 9.88 Å². The van der Waals surface area contributed by atoms with Crippen LogP contribution in [0.15, 0.2) is 28.0 Å². The number of halogens is 2. The molecule has 0 bridgehead atoms. The average Bonchev–Trinajstić information content (AvgIpc) is 3.16. The van der Waals surface area contributed by atoms with Gasteiger partial charge in [0.25, 0.3) is 11.5 Å². The second kappa shape index (κ2) is 7.09. The van der Waals surface area contributed by atoms with Crippen molar-refractivity contribution in [3.05, 3.63) is 45.0 Å². The highest BCUT2D eigenvalue weighted by Gasteiger charge is 2.54. The van der Waals surface area contributed by atoms with E-state index in [4.69, 9.17) is 0 Å². The fraction of sp³-hybridized carbons (Fsp3) is 0.474. The lowest BCUT2D eigenvalue weighted by Gasteiger charge is -2.24. The first-order valence-electron chi connectivity index (χ1n) is 9.40. The average molecular weight is 406 g/mol. The Bertz CT molecular complexity index is 1150. The minimum Gasteiger partial charge on any atom is -0.348 e. The molecular weight excluding hydrogens is 382 g/mol. The molecule has 3 aromatic heterocycles. The normalized spacial score (nSPS) is 17.3. The summed E-state index contributed by atoms with van der Waals surface area (Å²) in [6.45, 7) is 8.54. The molecule has 4 rings (SSSR count). The molecule has 1 fully saturated rings. The molecule has 0 spiro atoms. The number of aromatic amines is 2. The third kappa shape index (κ3) is 3.43. The molecule has 156 valence electrons. The van der Waals surface area contributed by atoms with Gasteiger partial charge in [-0.1, -0.05) is 27.7 Å². The number of aryl methyl sites for hydroxylation is 1. The maximum absolute atomic E-state index is 14.3. The number of hydrogen-bond acceptors (Lipinski definition) is 5. The van der Waals surface area contributed by atoms with Gasteiger partial charge in [0.2, 0.25) is 0 Å². The van der Waals surface area contributed by atoms with Crippen LogP contribution in [0.1, 0.15) is 33.4 Å². The fourth-order valence-corrected chi connectivity index (χ4v) is 3.31. The molecular formula is C19H24F2N6O2.